The van der Waals surface area contributed by atoms with Crippen LogP contribution in [-0.4, -0.2) is 38.2 Å². The third-order valence-corrected chi connectivity index (χ3v) is 4.29. The van der Waals surface area contributed by atoms with Crippen LogP contribution in [0.3, 0.4) is 0 Å². The zero-order valence-corrected chi connectivity index (χ0v) is 15.9. The molecule has 0 saturated heterocycles. The van der Waals surface area contributed by atoms with E-state index in [1.165, 1.54) is 25.5 Å². The van der Waals surface area contributed by atoms with Gasteiger partial charge in [-0.05, 0) is 18.6 Å². The van der Waals surface area contributed by atoms with Crippen LogP contribution >= 0.6 is 0 Å². The van der Waals surface area contributed by atoms with Crippen molar-refractivity contribution >= 4 is 12.1 Å². The number of carbonyl (C=O) groups excluding carboxylic acids is 1. The minimum atomic E-state index is -0.530. The number of carbonyl (C=O) groups is 1. The predicted molar refractivity (Wildman–Crippen MR) is 103 cm³/mol. The van der Waals surface area contributed by atoms with Crippen LogP contribution in [0.25, 0.3) is 0 Å². The Hall–Kier alpha value is -3.42. The number of phenolic OH excluding ortho intramolecular Hbond substituents is 1. The Morgan fingerprint density at radius 1 is 1.21 bits per heavy atom. The fourth-order valence-electron chi connectivity index (χ4n) is 3.07. The maximum absolute atomic E-state index is 12.2. The predicted octanol–water partition coefficient (Wildman–Crippen LogP) is 2.85. The van der Waals surface area contributed by atoms with E-state index < -0.39 is 5.91 Å². The molecule has 0 bridgehead atoms. The lowest BCUT2D eigenvalue weighted by molar-refractivity contribution is 0.0952. The summed E-state index contributed by atoms with van der Waals surface area (Å²) >= 11 is 0. The molecule has 8 heteroatoms. The smallest absolute Gasteiger partial charge is 0.275 e. The third kappa shape index (κ3) is 3.53. The average Bonchev–Trinajstić information content (AvgIpc) is 3.17. The van der Waals surface area contributed by atoms with Crippen molar-refractivity contribution < 1.29 is 28.8 Å². The first-order valence-electron chi connectivity index (χ1n) is 8.80. The molecule has 28 heavy (non-hydrogen) atoms. The summed E-state index contributed by atoms with van der Waals surface area (Å²) in [4.78, 5) is 12.2. The minimum Gasteiger partial charge on any atom is -0.507 e. The standard InChI is InChI=1S/C20H22N2O6/c1-4-7-12-14(10-21-22-20(24)13-8-5-6-9-15(13)23)17(26-3)19-18(16(12)25-2)27-11-28-19/h5-6,8-10,23H,4,7,11H2,1-3H3,(H,22,24)/b21-10+. The van der Waals surface area contributed by atoms with Crippen molar-refractivity contribution in [1.82, 2.24) is 5.43 Å². The summed E-state index contributed by atoms with van der Waals surface area (Å²) in [6, 6.07) is 6.23. The molecule has 0 spiro atoms. The zero-order valence-electron chi connectivity index (χ0n) is 15.9. The average molecular weight is 386 g/mol. The summed E-state index contributed by atoms with van der Waals surface area (Å²) in [5.74, 6) is 1.30. The molecule has 8 nitrogen and oxygen atoms in total. The number of nitrogens with one attached hydrogen (secondary N) is 1. The fourth-order valence-corrected chi connectivity index (χ4v) is 3.07. The molecule has 0 unspecified atom stereocenters. The van der Waals surface area contributed by atoms with Crippen LogP contribution in [0, 0.1) is 0 Å². The van der Waals surface area contributed by atoms with Crippen molar-refractivity contribution in [2.75, 3.05) is 21.0 Å². The number of fused-ring (bicyclic) bond motifs is 1. The van der Waals surface area contributed by atoms with Crippen molar-refractivity contribution in [3.8, 4) is 28.7 Å². The highest BCUT2D eigenvalue weighted by atomic mass is 16.7. The number of ether oxygens (including phenoxy) is 4. The molecule has 0 atom stereocenters. The van der Waals surface area contributed by atoms with E-state index in [-0.39, 0.29) is 18.1 Å². The van der Waals surface area contributed by atoms with Crippen molar-refractivity contribution in [2.24, 2.45) is 5.10 Å². The van der Waals surface area contributed by atoms with Gasteiger partial charge in [-0.15, -0.1) is 0 Å². The number of para-hydroxylation sites is 1. The van der Waals surface area contributed by atoms with Gasteiger partial charge in [0.1, 0.15) is 5.75 Å². The van der Waals surface area contributed by atoms with Gasteiger partial charge in [-0.3, -0.25) is 4.79 Å². The molecule has 1 heterocycles. The third-order valence-electron chi connectivity index (χ3n) is 4.29. The summed E-state index contributed by atoms with van der Waals surface area (Å²) in [6.07, 6.45) is 3.02. The highest BCUT2D eigenvalue weighted by Crippen LogP contribution is 2.51. The largest absolute Gasteiger partial charge is 0.507 e. The molecule has 1 aliphatic heterocycles. The summed E-state index contributed by atoms with van der Waals surface area (Å²) in [6.45, 7) is 2.11. The lowest BCUT2D eigenvalue weighted by atomic mass is 10.00. The lowest BCUT2D eigenvalue weighted by Crippen LogP contribution is -2.18. The van der Waals surface area contributed by atoms with Crippen LogP contribution in [0.4, 0.5) is 0 Å². The van der Waals surface area contributed by atoms with E-state index in [2.05, 4.69) is 10.5 Å². The number of hydrogen-bond donors (Lipinski definition) is 2. The van der Waals surface area contributed by atoms with Crippen LogP contribution in [0.1, 0.15) is 34.8 Å². The van der Waals surface area contributed by atoms with Gasteiger partial charge in [0.15, 0.2) is 11.5 Å². The van der Waals surface area contributed by atoms with Crippen LogP contribution in [0.5, 0.6) is 28.7 Å². The summed E-state index contributed by atoms with van der Waals surface area (Å²) < 4.78 is 22.2. The molecule has 2 aromatic carbocycles. The second-order valence-corrected chi connectivity index (χ2v) is 5.99. The van der Waals surface area contributed by atoms with Gasteiger partial charge in [0.25, 0.3) is 5.91 Å². The maximum Gasteiger partial charge on any atom is 0.275 e. The van der Waals surface area contributed by atoms with Crippen LogP contribution in [0.15, 0.2) is 29.4 Å². The molecule has 148 valence electrons. The van der Waals surface area contributed by atoms with Crippen LogP contribution < -0.4 is 24.4 Å². The van der Waals surface area contributed by atoms with Crippen molar-refractivity contribution in [3.05, 3.63) is 41.0 Å². The van der Waals surface area contributed by atoms with Gasteiger partial charge in [0.05, 0.1) is 26.0 Å². The topological polar surface area (TPSA) is 98.6 Å². The Kier molecular flexibility index (Phi) is 5.88. The van der Waals surface area contributed by atoms with E-state index in [9.17, 15) is 9.90 Å². The number of benzene rings is 2. The van der Waals surface area contributed by atoms with Crippen LogP contribution in [-0.2, 0) is 6.42 Å². The van der Waals surface area contributed by atoms with Gasteiger partial charge in [0.2, 0.25) is 18.3 Å². The van der Waals surface area contributed by atoms with E-state index in [0.29, 0.717) is 35.0 Å². The lowest BCUT2D eigenvalue weighted by Gasteiger charge is -2.17. The van der Waals surface area contributed by atoms with Crippen molar-refractivity contribution in [3.63, 3.8) is 0 Å². The minimum absolute atomic E-state index is 0.0677. The molecule has 1 amide bonds. The number of phenols is 1. The van der Waals surface area contributed by atoms with Gasteiger partial charge >= 0.3 is 0 Å². The van der Waals surface area contributed by atoms with Crippen molar-refractivity contribution in [1.29, 1.82) is 0 Å². The van der Waals surface area contributed by atoms with E-state index in [1.54, 1.807) is 19.2 Å². The molecular formula is C20H22N2O6. The first-order valence-corrected chi connectivity index (χ1v) is 8.80. The maximum atomic E-state index is 12.2. The number of rotatable bonds is 7. The SMILES string of the molecule is CCCc1c(/C=N/NC(=O)c2ccccc2O)c(OC)c2c(c1OC)OCO2. The fraction of sp³-hybridized carbons (Fsp3) is 0.300. The number of methoxy groups -OCH3 is 2. The van der Waals surface area contributed by atoms with Crippen LogP contribution in [0.2, 0.25) is 0 Å². The monoisotopic (exact) mass is 386 g/mol. The number of nitrogens with zero attached hydrogens (tertiary/aromatic N) is 1. The highest BCUT2D eigenvalue weighted by Gasteiger charge is 2.30. The molecule has 1 aliphatic rings. The van der Waals surface area contributed by atoms with E-state index in [4.69, 9.17) is 18.9 Å². The normalized spacial score (nSPS) is 12.2. The van der Waals surface area contributed by atoms with E-state index >= 15 is 0 Å². The number of amides is 1. The summed E-state index contributed by atoms with van der Waals surface area (Å²) in [7, 11) is 3.08. The summed E-state index contributed by atoms with van der Waals surface area (Å²) in [5, 5.41) is 13.8. The molecule has 0 saturated carbocycles. The molecule has 2 N–H and O–H groups in total. The van der Waals surface area contributed by atoms with E-state index in [0.717, 1.165) is 12.0 Å². The first kappa shape index (κ1) is 19.3. The Balaban J connectivity index is 1.97. The molecule has 0 aromatic heterocycles. The Morgan fingerprint density at radius 3 is 2.54 bits per heavy atom. The molecule has 0 aliphatic carbocycles. The van der Waals surface area contributed by atoms with Gasteiger partial charge in [-0.25, -0.2) is 5.43 Å². The highest BCUT2D eigenvalue weighted by molar-refractivity contribution is 5.98. The van der Waals surface area contributed by atoms with Crippen molar-refractivity contribution in [2.45, 2.75) is 19.8 Å². The summed E-state index contributed by atoms with van der Waals surface area (Å²) in [5.41, 5.74) is 4.01. The first-order chi connectivity index (χ1) is 13.6. The second-order valence-electron chi connectivity index (χ2n) is 5.99. The Morgan fingerprint density at radius 2 is 1.89 bits per heavy atom. The van der Waals surface area contributed by atoms with E-state index in [1.807, 2.05) is 6.92 Å². The molecule has 2 aromatic rings. The number of hydrogen-bond acceptors (Lipinski definition) is 7. The van der Waals surface area contributed by atoms with Gasteiger partial charge in [-0.1, -0.05) is 25.5 Å². The zero-order chi connectivity index (χ0) is 20.1. The van der Waals surface area contributed by atoms with Gasteiger partial charge < -0.3 is 24.1 Å². The molecular weight excluding hydrogens is 364 g/mol. The van der Waals surface area contributed by atoms with Gasteiger partial charge in [0, 0.05) is 11.1 Å². The second kappa shape index (κ2) is 8.51. The Bertz CT molecular complexity index is 910. The number of hydrazone groups is 1. The number of aromatic hydroxyl groups is 1. The molecule has 0 fully saturated rings. The quantitative estimate of drug-likeness (QED) is 0.561. The molecule has 3 rings (SSSR count). The molecule has 0 radical (unpaired) electrons. The van der Waals surface area contributed by atoms with Gasteiger partial charge in [-0.2, -0.15) is 5.10 Å². The Labute approximate surface area is 162 Å².